The summed E-state index contributed by atoms with van der Waals surface area (Å²) >= 11 is 0. The highest BCUT2D eigenvalue weighted by molar-refractivity contribution is 6.03. The lowest BCUT2D eigenvalue weighted by Crippen LogP contribution is -2.39. The Morgan fingerprint density at radius 1 is 1.19 bits per heavy atom. The first kappa shape index (κ1) is 19.3. The molecule has 0 radical (unpaired) electrons. The van der Waals surface area contributed by atoms with E-state index in [0.29, 0.717) is 11.6 Å². The van der Waals surface area contributed by atoms with E-state index >= 15 is 0 Å². The van der Waals surface area contributed by atoms with Gasteiger partial charge in [-0.2, -0.15) is 0 Å². The quantitative estimate of drug-likeness (QED) is 0.814. The summed E-state index contributed by atoms with van der Waals surface area (Å²) in [5.74, 6) is 0.250. The first-order chi connectivity index (χ1) is 13.0. The number of aryl methyl sites for hydroxylation is 2. The Hall–Kier alpha value is -2.51. The van der Waals surface area contributed by atoms with Crippen LogP contribution in [-0.4, -0.2) is 60.2 Å². The van der Waals surface area contributed by atoms with E-state index in [1.165, 1.54) is 0 Å². The molecular weight excluding hydrogens is 342 g/mol. The van der Waals surface area contributed by atoms with Gasteiger partial charge in [0.05, 0.1) is 13.2 Å². The average molecular weight is 369 g/mol. The molecule has 1 amide bonds. The van der Waals surface area contributed by atoms with Crippen molar-refractivity contribution in [3.63, 3.8) is 0 Å². The summed E-state index contributed by atoms with van der Waals surface area (Å²) in [6.45, 7) is 11.0. The lowest BCUT2D eigenvalue weighted by Gasteiger charge is -2.26. The van der Waals surface area contributed by atoms with Crippen LogP contribution in [-0.2, 0) is 4.74 Å². The maximum Gasteiger partial charge on any atom is 0.274 e. The van der Waals surface area contributed by atoms with Crippen molar-refractivity contribution in [1.82, 2.24) is 14.9 Å². The summed E-state index contributed by atoms with van der Waals surface area (Å²) in [5.41, 5.74) is 4.11. The highest BCUT2D eigenvalue weighted by Crippen LogP contribution is 2.19. The second-order valence-electron chi connectivity index (χ2n) is 6.80. The van der Waals surface area contributed by atoms with E-state index in [2.05, 4.69) is 25.5 Å². The van der Waals surface area contributed by atoms with Gasteiger partial charge in [-0.15, -0.1) is 0 Å². The molecule has 2 heterocycles. The van der Waals surface area contributed by atoms with Crippen molar-refractivity contribution in [2.75, 3.05) is 50.0 Å². The second-order valence-corrected chi connectivity index (χ2v) is 6.80. The number of nitrogens with zero attached hydrogens (tertiary/aromatic N) is 3. The zero-order valence-corrected chi connectivity index (χ0v) is 16.2. The molecule has 2 N–H and O–H groups in total. The molecule has 7 nitrogen and oxygen atoms in total. The number of nitrogens with one attached hydrogen (secondary N) is 2. The van der Waals surface area contributed by atoms with Crippen molar-refractivity contribution in [2.45, 2.75) is 20.8 Å². The molecule has 1 saturated heterocycles. The number of ether oxygens (including phenoxy) is 1. The van der Waals surface area contributed by atoms with Gasteiger partial charge in [0.1, 0.15) is 5.69 Å². The molecule has 7 heteroatoms. The van der Waals surface area contributed by atoms with Crippen molar-refractivity contribution in [3.8, 4) is 0 Å². The second kappa shape index (κ2) is 8.92. The molecule has 0 unspecified atom stereocenters. The number of hydrogen-bond donors (Lipinski definition) is 2. The summed E-state index contributed by atoms with van der Waals surface area (Å²) in [7, 11) is 0. The number of hydrogen-bond acceptors (Lipinski definition) is 6. The summed E-state index contributed by atoms with van der Waals surface area (Å²) in [6.07, 6.45) is 0. The van der Waals surface area contributed by atoms with E-state index in [1.54, 1.807) is 6.07 Å². The number of anilines is 2. The van der Waals surface area contributed by atoms with E-state index < -0.39 is 0 Å². The van der Waals surface area contributed by atoms with Crippen molar-refractivity contribution >= 4 is 17.5 Å². The van der Waals surface area contributed by atoms with Gasteiger partial charge in [0.2, 0.25) is 5.95 Å². The molecule has 0 aliphatic carbocycles. The largest absolute Gasteiger partial charge is 0.379 e. The van der Waals surface area contributed by atoms with Crippen molar-refractivity contribution < 1.29 is 9.53 Å². The first-order valence-corrected chi connectivity index (χ1v) is 9.30. The van der Waals surface area contributed by atoms with Gasteiger partial charge in [-0.25, -0.2) is 9.97 Å². The maximum absolute atomic E-state index is 12.7. The number of rotatable bonds is 6. The Morgan fingerprint density at radius 3 is 2.74 bits per heavy atom. The fraction of sp³-hybridized carbons (Fsp3) is 0.450. The minimum absolute atomic E-state index is 0.231. The van der Waals surface area contributed by atoms with Crippen molar-refractivity contribution in [3.05, 3.63) is 46.8 Å². The molecule has 2 aromatic rings. The minimum atomic E-state index is -0.231. The molecule has 144 valence electrons. The number of morpholine rings is 1. The predicted octanol–water partition coefficient (Wildman–Crippen LogP) is 2.40. The van der Waals surface area contributed by atoms with Crippen LogP contribution in [0.25, 0.3) is 0 Å². The zero-order chi connectivity index (χ0) is 19.2. The van der Waals surface area contributed by atoms with E-state index in [9.17, 15) is 4.79 Å². The molecule has 1 aromatic heterocycles. The van der Waals surface area contributed by atoms with Gasteiger partial charge in [0.15, 0.2) is 0 Å². The lowest BCUT2D eigenvalue weighted by atomic mass is 10.1. The number of carbonyl (C=O) groups is 1. The van der Waals surface area contributed by atoms with Gasteiger partial charge in [-0.3, -0.25) is 9.69 Å². The molecule has 1 aliphatic rings. The third kappa shape index (κ3) is 5.24. The van der Waals surface area contributed by atoms with Crippen molar-refractivity contribution in [2.24, 2.45) is 0 Å². The van der Waals surface area contributed by atoms with E-state index in [0.717, 1.165) is 61.9 Å². The molecule has 1 aromatic carbocycles. The smallest absolute Gasteiger partial charge is 0.274 e. The monoisotopic (exact) mass is 369 g/mol. The molecule has 1 aliphatic heterocycles. The SMILES string of the molecule is Cc1cc(C(=O)Nc2cccc(C)c2C)nc(NCCN2CCOCC2)n1. The van der Waals surface area contributed by atoms with Crippen LogP contribution in [0.3, 0.4) is 0 Å². The fourth-order valence-corrected chi connectivity index (χ4v) is 2.99. The van der Waals surface area contributed by atoms with Crippen LogP contribution in [0.5, 0.6) is 0 Å². The topological polar surface area (TPSA) is 79.4 Å². The summed E-state index contributed by atoms with van der Waals surface area (Å²) in [4.78, 5) is 23.8. The third-order valence-electron chi connectivity index (χ3n) is 4.75. The Balaban J connectivity index is 1.63. The van der Waals surface area contributed by atoms with Crippen LogP contribution in [0, 0.1) is 20.8 Å². The standard InChI is InChI=1S/C20H27N5O2/c1-14-5-4-6-17(16(14)3)23-19(26)18-13-15(2)22-20(24-18)21-7-8-25-9-11-27-12-10-25/h4-6,13H,7-12H2,1-3H3,(H,23,26)(H,21,22,24). The van der Waals surface area contributed by atoms with Gasteiger partial charge in [-0.1, -0.05) is 12.1 Å². The van der Waals surface area contributed by atoms with Crippen molar-refractivity contribution in [1.29, 1.82) is 0 Å². The summed E-state index contributed by atoms with van der Waals surface area (Å²) < 4.78 is 5.36. The zero-order valence-electron chi connectivity index (χ0n) is 16.2. The minimum Gasteiger partial charge on any atom is -0.379 e. The fourth-order valence-electron chi connectivity index (χ4n) is 2.99. The van der Waals surface area contributed by atoms with Crippen LogP contribution >= 0.6 is 0 Å². The van der Waals surface area contributed by atoms with Gasteiger partial charge in [-0.05, 0) is 44.0 Å². The van der Waals surface area contributed by atoms with Gasteiger partial charge in [0, 0.05) is 37.6 Å². The normalized spacial score (nSPS) is 14.8. The Morgan fingerprint density at radius 2 is 1.96 bits per heavy atom. The average Bonchev–Trinajstić information content (AvgIpc) is 2.66. The van der Waals surface area contributed by atoms with Crippen LogP contribution in [0.1, 0.15) is 27.3 Å². The Bertz CT molecular complexity index is 803. The summed E-state index contributed by atoms with van der Waals surface area (Å²) in [6, 6.07) is 7.56. The van der Waals surface area contributed by atoms with Gasteiger partial charge in [0.25, 0.3) is 5.91 Å². The van der Waals surface area contributed by atoms with Gasteiger partial charge < -0.3 is 15.4 Å². The molecule has 0 atom stereocenters. The molecular formula is C20H27N5O2. The van der Waals surface area contributed by atoms with E-state index in [-0.39, 0.29) is 5.91 Å². The van der Waals surface area contributed by atoms with Crippen LogP contribution in [0.4, 0.5) is 11.6 Å². The van der Waals surface area contributed by atoms with E-state index in [4.69, 9.17) is 4.74 Å². The molecule has 0 bridgehead atoms. The molecule has 27 heavy (non-hydrogen) atoms. The van der Waals surface area contributed by atoms with E-state index in [1.807, 2.05) is 39.0 Å². The predicted molar refractivity (Wildman–Crippen MR) is 106 cm³/mol. The highest BCUT2D eigenvalue weighted by atomic mass is 16.5. The van der Waals surface area contributed by atoms with Crippen LogP contribution in [0.15, 0.2) is 24.3 Å². The molecule has 3 rings (SSSR count). The van der Waals surface area contributed by atoms with Crippen LogP contribution < -0.4 is 10.6 Å². The number of benzene rings is 1. The number of aromatic nitrogens is 2. The molecule has 1 fully saturated rings. The highest BCUT2D eigenvalue weighted by Gasteiger charge is 2.13. The molecule has 0 spiro atoms. The summed E-state index contributed by atoms with van der Waals surface area (Å²) in [5, 5.41) is 6.18. The van der Waals surface area contributed by atoms with Crippen LogP contribution in [0.2, 0.25) is 0 Å². The number of amides is 1. The van der Waals surface area contributed by atoms with Gasteiger partial charge >= 0.3 is 0 Å². The maximum atomic E-state index is 12.7. The number of carbonyl (C=O) groups excluding carboxylic acids is 1. The first-order valence-electron chi connectivity index (χ1n) is 9.30. The Labute approximate surface area is 160 Å². The Kier molecular flexibility index (Phi) is 6.36. The third-order valence-corrected chi connectivity index (χ3v) is 4.75. The lowest BCUT2D eigenvalue weighted by molar-refractivity contribution is 0.0398. The molecule has 0 saturated carbocycles.